The summed E-state index contributed by atoms with van der Waals surface area (Å²) in [6, 6.07) is 23.4. The number of benzene rings is 3. The lowest BCUT2D eigenvalue weighted by molar-refractivity contribution is 0.242. The lowest BCUT2D eigenvalue weighted by Crippen LogP contribution is -2.05. The van der Waals surface area contributed by atoms with Gasteiger partial charge in [-0.1, -0.05) is 35.9 Å². The smallest absolute Gasteiger partial charge is 0.162 e. The topological polar surface area (TPSA) is 47.0 Å². The number of rotatable bonds is 5. The molecule has 3 aromatic carbocycles. The summed E-state index contributed by atoms with van der Waals surface area (Å²) in [6.07, 6.45) is 0.134. The van der Waals surface area contributed by atoms with Crippen LogP contribution in [0, 0.1) is 0 Å². The van der Waals surface area contributed by atoms with Crippen LogP contribution in [0.3, 0.4) is 0 Å². The summed E-state index contributed by atoms with van der Waals surface area (Å²) >= 11 is 6.32. The molecule has 0 saturated heterocycles. The molecule has 28 heavy (non-hydrogen) atoms. The van der Waals surface area contributed by atoms with Crippen LogP contribution in [0.5, 0.6) is 5.75 Å². The number of anilines is 2. The second-order valence-electron chi connectivity index (χ2n) is 6.71. The molecule has 4 nitrogen and oxygen atoms in total. The molecule has 0 bridgehead atoms. The van der Waals surface area contributed by atoms with E-state index in [2.05, 4.69) is 5.32 Å². The zero-order valence-corrected chi connectivity index (χ0v) is 16.4. The standard InChI is InChI=1S/C23H20ClN3O/c1-15(2)28-17-13-11-16(12-14-17)22-25-20-9-5-3-7-18(20)23(27-22)26-21-10-6-4-8-19(21)24/h3-15H,1-2H3,(H,25,26,27). The molecule has 1 N–H and O–H groups in total. The van der Waals surface area contributed by atoms with Crippen LogP contribution in [-0.2, 0) is 0 Å². The second-order valence-corrected chi connectivity index (χ2v) is 7.12. The van der Waals surface area contributed by atoms with Crippen LogP contribution in [0.4, 0.5) is 11.5 Å². The predicted molar refractivity (Wildman–Crippen MR) is 115 cm³/mol. The fraction of sp³-hybridized carbons (Fsp3) is 0.130. The van der Waals surface area contributed by atoms with Crippen molar-refractivity contribution in [2.45, 2.75) is 20.0 Å². The molecule has 0 aliphatic carbocycles. The summed E-state index contributed by atoms with van der Waals surface area (Å²) in [5.74, 6) is 2.19. The van der Waals surface area contributed by atoms with Crippen molar-refractivity contribution < 1.29 is 4.74 Å². The molecular weight excluding hydrogens is 370 g/mol. The van der Waals surface area contributed by atoms with Crippen LogP contribution in [0.15, 0.2) is 72.8 Å². The summed E-state index contributed by atoms with van der Waals surface area (Å²) in [7, 11) is 0. The molecule has 0 aliphatic rings. The maximum Gasteiger partial charge on any atom is 0.162 e. The molecule has 0 atom stereocenters. The predicted octanol–water partition coefficient (Wildman–Crippen LogP) is 6.48. The molecule has 0 fully saturated rings. The van der Waals surface area contributed by atoms with E-state index in [0.717, 1.165) is 33.7 Å². The number of hydrogen-bond acceptors (Lipinski definition) is 4. The monoisotopic (exact) mass is 389 g/mol. The zero-order valence-electron chi connectivity index (χ0n) is 15.7. The maximum absolute atomic E-state index is 6.32. The molecule has 4 aromatic rings. The highest BCUT2D eigenvalue weighted by molar-refractivity contribution is 6.33. The van der Waals surface area contributed by atoms with E-state index in [1.807, 2.05) is 86.6 Å². The van der Waals surface area contributed by atoms with Crippen LogP contribution in [0.25, 0.3) is 22.3 Å². The highest BCUT2D eigenvalue weighted by atomic mass is 35.5. The Kier molecular flexibility index (Phi) is 5.13. The van der Waals surface area contributed by atoms with Crippen LogP contribution in [0.1, 0.15) is 13.8 Å². The largest absolute Gasteiger partial charge is 0.491 e. The van der Waals surface area contributed by atoms with Crippen molar-refractivity contribution in [3.8, 4) is 17.1 Å². The number of halogens is 1. The number of hydrogen-bond donors (Lipinski definition) is 1. The quantitative estimate of drug-likeness (QED) is 0.424. The van der Waals surface area contributed by atoms with Gasteiger partial charge in [0.05, 0.1) is 22.3 Å². The number of nitrogens with zero attached hydrogens (tertiary/aromatic N) is 2. The van der Waals surface area contributed by atoms with E-state index in [-0.39, 0.29) is 6.10 Å². The van der Waals surface area contributed by atoms with Gasteiger partial charge in [0.1, 0.15) is 11.6 Å². The van der Waals surface area contributed by atoms with Gasteiger partial charge in [0.15, 0.2) is 5.82 Å². The van der Waals surface area contributed by atoms with Crippen molar-refractivity contribution in [3.63, 3.8) is 0 Å². The molecule has 4 rings (SSSR count). The van der Waals surface area contributed by atoms with E-state index in [0.29, 0.717) is 10.8 Å². The van der Waals surface area contributed by atoms with Gasteiger partial charge in [-0.3, -0.25) is 0 Å². The average molecular weight is 390 g/mol. The van der Waals surface area contributed by atoms with Crippen molar-refractivity contribution >= 4 is 34.0 Å². The van der Waals surface area contributed by atoms with Gasteiger partial charge in [-0.25, -0.2) is 9.97 Å². The minimum absolute atomic E-state index is 0.134. The third-order valence-electron chi connectivity index (χ3n) is 4.21. The lowest BCUT2D eigenvalue weighted by atomic mass is 10.1. The molecule has 0 aliphatic heterocycles. The highest BCUT2D eigenvalue weighted by Crippen LogP contribution is 2.30. The second kappa shape index (κ2) is 7.87. The Bertz CT molecular complexity index is 1110. The number of nitrogens with one attached hydrogen (secondary N) is 1. The molecule has 0 amide bonds. The van der Waals surface area contributed by atoms with E-state index in [1.54, 1.807) is 0 Å². The van der Waals surface area contributed by atoms with Gasteiger partial charge >= 0.3 is 0 Å². The first-order chi connectivity index (χ1) is 13.6. The minimum Gasteiger partial charge on any atom is -0.491 e. The molecule has 0 radical (unpaired) electrons. The van der Waals surface area contributed by atoms with E-state index in [1.165, 1.54) is 0 Å². The lowest BCUT2D eigenvalue weighted by Gasteiger charge is -2.13. The summed E-state index contributed by atoms with van der Waals surface area (Å²) in [6.45, 7) is 4.01. The van der Waals surface area contributed by atoms with Crippen molar-refractivity contribution in [1.29, 1.82) is 0 Å². The number of fused-ring (bicyclic) bond motifs is 1. The Balaban J connectivity index is 1.77. The fourth-order valence-corrected chi connectivity index (χ4v) is 3.13. The highest BCUT2D eigenvalue weighted by Gasteiger charge is 2.11. The first-order valence-corrected chi connectivity index (χ1v) is 9.53. The van der Waals surface area contributed by atoms with Gasteiger partial charge in [0.25, 0.3) is 0 Å². The molecular formula is C23H20ClN3O. The summed E-state index contributed by atoms with van der Waals surface area (Å²) in [5, 5.41) is 4.93. The Morgan fingerprint density at radius 2 is 1.57 bits per heavy atom. The van der Waals surface area contributed by atoms with Crippen molar-refractivity contribution in [2.24, 2.45) is 0 Å². The van der Waals surface area contributed by atoms with E-state index in [4.69, 9.17) is 26.3 Å². The molecule has 1 heterocycles. The summed E-state index contributed by atoms with van der Waals surface area (Å²) < 4.78 is 5.72. The molecule has 0 unspecified atom stereocenters. The minimum atomic E-state index is 0.134. The SMILES string of the molecule is CC(C)Oc1ccc(-c2nc(Nc3ccccc3Cl)c3ccccc3n2)cc1. The first kappa shape index (κ1) is 18.3. The first-order valence-electron chi connectivity index (χ1n) is 9.15. The van der Waals surface area contributed by atoms with Crippen LogP contribution in [0.2, 0.25) is 5.02 Å². The van der Waals surface area contributed by atoms with E-state index in [9.17, 15) is 0 Å². The third-order valence-corrected chi connectivity index (χ3v) is 4.54. The average Bonchev–Trinajstić information content (AvgIpc) is 2.70. The van der Waals surface area contributed by atoms with Crippen LogP contribution >= 0.6 is 11.6 Å². The number of aromatic nitrogens is 2. The molecule has 0 spiro atoms. The fourth-order valence-electron chi connectivity index (χ4n) is 2.95. The van der Waals surface area contributed by atoms with Crippen molar-refractivity contribution in [1.82, 2.24) is 9.97 Å². The van der Waals surface area contributed by atoms with Crippen LogP contribution in [-0.4, -0.2) is 16.1 Å². The Morgan fingerprint density at radius 3 is 2.32 bits per heavy atom. The molecule has 0 saturated carbocycles. The van der Waals surface area contributed by atoms with E-state index < -0.39 is 0 Å². The van der Waals surface area contributed by atoms with Gasteiger partial charge in [-0.05, 0) is 62.4 Å². The summed E-state index contributed by atoms with van der Waals surface area (Å²) in [5.41, 5.74) is 2.59. The van der Waals surface area contributed by atoms with Gasteiger partial charge in [0.2, 0.25) is 0 Å². The normalized spacial score (nSPS) is 11.0. The number of ether oxygens (including phenoxy) is 1. The molecule has 140 valence electrons. The van der Waals surface area contributed by atoms with Gasteiger partial charge in [-0.15, -0.1) is 0 Å². The molecule has 5 heteroatoms. The molecule has 1 aromatic heterocycles. The Morgan fingerprint density at radius 1 is 0.857 bits per heavy atom. The van der Waals surface area contributed by atoms with E-state index >= 15 is 0 Å². The summed E-state index contributed by atoms with van der Waals surface area (Å²) in [4.78, 5) is 9.51. The third kappa shape index (κ3) is 3.92. The van der Waals surface area contributed by atoms with Gasteiger partial charge in [-0.2, -0.15) is 0 Å². The van der Waals surface area contributed by atoms with Crippen molar-refractivity contribution in [3.05, 3.63) is 77.8 Å². The Hall–Kier alpha value is -3.11. The zero-order chi connectivity index (χ0) is 19.5. The maximum atomic E-state index is 6.32. The van der Waals surface area contributed by atoms with Gasteiger partial charge < -0.3 is 10.1 Å². The van der Waals surface area contributed by atoms with Crippen LogP contribution < -0.4 is 10.1 Å². The Labute approximate surface area is 169 Å². The van der Waals surface area contributed by atoms with Gasteiger partial charge in [0, 0.05) is 10.9 Å². The van der Waals surface area contributed by atoms with Crippen molar-refractivity contribution in [2.75, 3.05) is 5.32 Å². The number of para-hydroxylation sites is 2.